The van der Waals surface area contributed by atoms with Crippen LogP contribution in [-0.4, -0.2) is 60.2 Å². The van der Waals surface area contributed by atoms with Gasteiger partial charge in [0.25, 0.3) is 0 Å². The van der Waals surface area contributed by atoms with Crippen LogP contribution in [0.25, 0.3) is 0 Å². The fourth-order valence-corrected chi connectivity index (χ4v) is 4.53. The third-order valence-corrected chi connectivity index (χ3v) is 5.71. The monoisotopic (exact) mass is 274 g/mol. The van der Waals surface area contributed by atoms with Gasteiger partial charge in [-0.05, 0) is 41.6 Å². The Bertz CT molecular complexity index is 293. The van der Waals surface area contributed by atoms with Gasteiger partial charge in [-0.3, -0.25) is 4.90 Å². The minimum Gasteiger partial charge on any atom is -0.348 e. The van der Waals surface area contributed by atoms with Gasteiger partial charge in [0.1, 0.15) is 0 Å². The summed E-state index contributed by atoms with van der Waals surface area (Å²) in [4.78, 5) is 9.36. The molecule has 1 fully saturated rings. The molecule has 2 aliphatic heterocycles. The molecular formula is C11H22N4S2. The van der Waals surface area contributed by atoms with Crippen LogP contribution in [0.15, 0.2) is 4.99 Å². The maximum atomic E-state index is 4.77. The minimum atomic E-state index is 0.280. The molecule has 0 amide bonds. The lowest BCUT2D eigenvalue weighted by Crippen LogP contribution is -2.53. The Balaban J connectivity index is 1.96. The van der Waals surface area contributed by atoms with E-state index in [1.54, 1.807) is 0 Å². The molecule has 0 aromatic rings. The maximum Gasteiger partial charge on any atom is 0.172 e. The van der Waals surface area contributed by atoms with E-state index in [9.17, 15) is 0 Å². The summed E-state index contributed by atoms with van der Waals surface area (Å²) in [5, 5.41) is 4.79. The van der Waals surface area contributed by atoms with E-state index < -0.39 is 0 Å². The zero-order valence-electron chi connectivity index (χ0n) is 11.0. The third kappa shape index (κ3) is 3.30. The molecular weight excluding hydrogens is 252 g/mol. The largest absolute Gasteiger partial charge is 0.348 e. The van der Waals surface area contributed by atoms with Gasteiger partial charge >= 0.3 is 0 Å². The Morgan fingerprint density at radius 1 is 1.47 bits per heavy atom. The SMILES string of the molecule is CC(C)C1CN(C2=NC(N(C)C)SS2)CCN1. The first-order valence-corrected chi connectivity index (χ1v) is 8.35. The smallest absolute Gasteiger partial charge is 0.172 e. The fourth-order valence-electron chi connectivity index (χ4n) is 1.96. The van der Waals surface area contributed by atoms with Crippen molar-refractivity contribution in [1.82, 2.24) is 15.1 Å². The second kappa shape index (κ2) is 5.82. The van der Waals surface area contributed by atoms with E-state index in [1.807, 2.05) is 21.6 Å². The summed E-state index contributed by atoms with van der Waals surface area (Å²) in [6, 6.07) is 0.593. The van der Waals surface area contributed by atoms with Gasteiger partial charge in [-0.15, -0.1) is 0 Å². The van der Waals surface area contributed by atoms with Gasteiger partial charge in [-0.2, -0.15) is 0 Å². The average molecular weight is 274 g/mol. The lowest BCUT2D eigenvalue weighted by atomic mass is 10.0. The van der Waals surface area contributed by atoms with Crippen LogP contribution in [0, 0.1) is 5.92 Å². The normalized spacial score (nSPS) is 30.2. The Morgan fingerprint density at radius 3 is 2.82 bits per heavy atom. The molecule has 98 valence electrons. The van der Waals surface area contributed by atoms with E-state index in [2.05, 4.69) is 43.1 Å². The average Bonchev–Trinajstić information content (AvgIpc) is 2.78. The van der Waals surface area contributed by atoms with Crippen molar-refractivity contribution in [2.75, 3.05) is 33.7 Å². The highest BCUT2D eigenvalue weighted by Gasteiger charge is 2.29. The zero-order valence-corrected chi connectivity index (χ0v) is 12.6. The molecule has 2 heterocycles. The molecule has 0 radical (unpaired) electrons. The number of piperazine rings is 1. The second-order valence-corrected chi connectivity index (χ2v) is 7.36. The predicted molar refractivity (Wildman–Crippen MR) is 78.3 cm³/mol. The molecule has 2 aliphatic rings. The standard InChI is InChI=1S/C11H22N4S2/c1-8(2)9-7-15(6-5-12-9)11-13-10(14(3)4)16-17-11/h8-10,12H,5-7H2,1-4H3. The van der Waals surface area contributed by atoms with Gasteiger partial charge in [0.2, 0.25) is 0 Å². The Hall–Kier alpha value is 0.0900. The summed E-state index contributed by atoms with van der Waals surface area (Å²) < 4.78 is 0. The first kappa shape index (κ1) is 13.5. The summed E-state index contributed by atoms with van der Waals surface area (Å²) in [5.41, 5.74) is 0.280. The van der Waals surface area contributed by atoms with Gasteiger partial charge in [0.15, 0.2) is 10.7 Å². The van der Waals surface area contributed by atoms with Gasteiger partial charge in [0.05, 0.1) is 0 Å². The van der Waals surface area contributed by atoms with Crippen LogP contribution < -0.4 is 5.32 Å². The van der Waals surface area contributed by atoms with Crippen LogP contribution in [0.3, 0.4) is 0 Å². The van der Waals surface area contributed by atoms with Crippen molar-refractivity contribution in [3.05, 3.63) is 0 Å². The predicted octanol–water partition coefficient (Wildman–Crippen LogP) is 1.51. The lowest BCUT2D eigenvalue weighted by molar-refractivity contribution is 0.251. The third-order valence-electron chi connectivity index (χ3n) is 3.15. The van der Waals surface area contributed by atoms with Gasteiger partial charge in [-0.25, -0.2) is 4.99 Å². The lowest BCUT2D eigenvalue weighted by Gasteiger charge is -2.36. The van der Waals surface area contributed by atoms with Gasteiger partial charge in [-0.1, -0.05) is 13.8 Å². The topological polar surface area (TPSA) is 30.9 Å². The molecule has 0 aliphatic carbocycles. The molecule has 6 heteroatoms. The molecule has 2 unspecified atom stereocenters. The van der Waals surface area contributed by atoms with Gasteiger partial charge in [0, 0.05) is 25.7 Å². The Labute approximate surface area is 112 Å². The highest BCUT2D eigenvalue weighted by Crippen LogP contribution is 2.38. The van der Waals surface area contributed by atoms with E-state index in [1.165, 1.54) is 5.17 Å². The molecule has 1 saturated heterocycles. The fraction of sp³-hybridized carbons (Fsp3) is 0.909. The summed E-state index contributed by atoms with van der Waals surface area (Å²) in [7, 11) is 7.83. The first-order valence-electron chi connectivity index (χ1n) is 6.14. The van der Waals surface area contributed by atoms with Crippen LogP contribution in [0.2, 0.25) is 0 Å². The molecule has 0 aromatic carbocycles. The van der Waals surface area contributed by atoms with E-state index >= 15 is 0 Å². The zero-order chi connectivity index (χ0) is 12.4. The van der Waals surface area contributed by atoms with Crippen LogP contribution in [-0.2, 0) is 0 Å². The molecule has 0 aromatic heterocycles. The molecule has 17 heavy (non-hydrogen) atoms. The van der Waals surface area contributed by atoms with E-state index in [4.69, 9.17) is 4.99 Å². The minimum absolute atomic E-state index is 0.280. The number of hydrogen-bond donors (Lipinski definition) is 1. The number of nitrogens with one attached hydrogen (secondary N) is 1. The second-order valence-electron chi connectivity index (χ2n) is 5.13. The van der Waals surface area contributed by atoms with Crippen molar-refractivity contribution in [2.24, 2.45) is 10.9 Å². The van der Waals surface area contributed by atoms with E-state index in [0.29, 0.717) is 12.0 Å². The number of aliphatic imine (C=N–C) groups is 1. The van der Waals surface area contributed by atoms with Gasteiger partial charge < -0.3 is 10.2 Å². The number of nitrogens with zero attached hydrogens (tertiary/aromatic N) is 3. The highest BCUT2D eigenvalue weighted by atomic mass is 33.1. The molecule has 0 spiro atoms. The molecule has 1 N–H and O–H groups in total. The summed E-state index contributed by atoms with van der Waals surface area (Å²) in [6.07, 6.45) is 0. The summed E-state index contributed by atoms with van der Waals surface area (Å²) in [6.45, 7) is 7.80. The number of hydrogen-bond acceptors (Lipinski definition) is 6. The van der Waals surface area contributed by atoms with Crippen molar-refractivity contribution in [2.45, 2.75) is 25.4 Å². The van der Waals surface area contributed by atoms with Crippen LogP contribution >= 0.6 is 21.6 Å². The van der Waals surface area contributed by atoms with Crippen molar-refractivity contribution in [3.63, 3.8) is 0 Å². The van der Waals surface area contributed by atoms with Crippen LogP contribution in [0.4, 0.5) is 0 Å². The van der Waals surface area contributed by atoms with E-state index in [-0.39, 0.29) is 5.50 Å². The van der Waals surface area contributed by atoms with E-state index in [0.717, 1.165) is 19.6 Å². The van der Waals surface area contributed by atoms with Crippen LogP contribution in [0.5, 0.6) is 0 Å². The Morgan fingerprint density at radius 2 is 2.24 bits per heavy atom. The summed E-state index contributed by atoms with van der Waals surface area (Å²) in [5.74, 6) is 0.683. The summed E-state index contributed by atoms with van der Waals surface area (Å²) >= 11 is 0. The number of rotatable bonds is 2. The van der Waals surface area contributed by atoms with Crippen molar-refractivity contribution in [3.8, 4) is 0 Å². The number of amidine groups is 1. The highest BCUT2D eigenvalue weighted by molar-refractivity contribution is 8.82. The molecule has 0 bridgehead atoms. The molecule has 4 nitrogen and oxygen atoms in total. The maximum absolute atomic E-state index is 4.77. The molecule has 2 atom stereocenters. The van der Waals surface area contributed by atoms with Crippen molar-refractivity contribution < 1.29 is 0 Å². The van der Waals surface area contributed by atoms with Crippen molar-refractivity contribution in [1.29, 1.82) is 0 Å². The quantitative estimate of drug-likeness (QED) is 0.772. The Kier molecular flexibility index (Phi) is 4.63. The van der Waals surface area contributed by atoms with Crippen molar-refractivity contribution >= 4 is 26.8 Å². The molecule has 0 saturated carbocycles. The first-order chi connectivity index (χ1) is 8.08. The molecule has 2 rings (SSSR count). The van der Waals surface area contributed by atoms with Crippen LogP contribution in [0.1, 0.15) is 13.8 Å².